The first-order chi connectivity index (χ1) is 11.5. The number of carbonyl (C=O) groups is 2. The van der Waals surface area contributed by atoms with Crippen LogP contribution in [0.4, 0.5) is 0 Å². The Hall–Kier alpha value is -2.65. The van der Waals surface area contributed by atoms with Gasteiger partial charge in [0, 0.05) is 6.54 Å². The predicted molar refractivity (Wildman–Crippen MR) is 89.5 cm³/mol. The van der Waals surface area contributed by atoms with Crippen LogP contribution in [-0.4, -0.2) is 37.0 Å². The van der Waals surface area contributed by atoms with Gasteiger partial charge in [-0.1, -0.05) is 30.3 Å². The minimum Gasteiger partial charge on any atom is -0.459 e. The zero-order valence-corrected chi connectivity index (χ0v) is 13.4. The van der Waals surface area contributed by atoms with Crippen molar-refractivity contribution in [2.24, 2.45) is 11.6 Å². The number of carbonyl (C=O) groups excluding carboxylic acids is 2. The molecule has 9 nitrogen and oxygen atoms in total. The summed E-state index contributed by atoms with van der Waals surface area (Å²) in [7, 11) is 0. The lowest BCUT2D eigenvalue weighted by atomic mass is 10.1. The number of rotatable bonds is 10. The van der Waals surface area contributed by atoms with Gasteiger partial charge in [-0.25, -0.2) is 4.79 Å². The van der Waals surface area contributed by atoms with E-state index in [1.54, 1.807) is 0 Å². The molecule has 0 aliphatic rings. The molecule has 1 rings (SSSR count). The monoisotopic (exact) mass is 336 g/mol. The summed E-state index contributed by atoms with van der Waals surface area (Å²) in [5, 5.41) is 12.3. The Morgan fingerprint density at radius 1 is 1.25 bits per heavy atom. The first-order valence-corrected chi connectivity index (χ1v) is 7.54. The first kappa shape index (κ1) is 19.4. The van der Waals surface area contributed by atoms with E-state index >= 15 is 0 Å². The maximum Gasteiger partial charge on any atom is 0.328 e. The summed E-state index contributed by atoms with van der Waals surface area (Å²) in [4.78, 5) is 23.9. The van der Waals surface area contributed by atoms with Crippen molar-refractivity contribution in [2.75, 3.05) is 13.1 Å². The van der Waals surface area contributed by atoms with Gasteiger partial charge in [-0.3, -0.25) is 21.5 Å². The molecule has 132 valence electrons. The van der Waals surface area contributed by atoms with Gasteiger partial charge in [0.25, 0.3) is 0 Å². The summed E-state index contributed by atoms with van der Waals surface area (Å²) in [5.74, 6) is 4.03. The fourth-order valence-electron chi connectivity index (χ4n) is 1.95. The predicted octanol–water partition coefficient (Wildman–Crippen LogP) is -1.06. The van der Waals surface area contributed by atoms with Gasteiger partial charge < -0.3 is 21.1 Å². The number of hydrogen-bond donors (Lipinski definition) is 6. The molecular weight excluding hydrogens is 312 g/mol. The van der Waals surface area contributed by atoms with Crippen LogP contribution in [0.5, 0.6) is 0 Å². The van der Waals surface area contributed by atoms with Gasteiger partial charge in [0.1, 0.15) is 12.6 Å². The highest BCUT2D eigenvalue weighted by molar-refractivity contribution is 5.85. The Bertz CT molecular complexity index is 537. The van der Waals surface area contributed by atoms with Gasteiger partial charge in [0.15, 0.2) is 5.96 Å². The highest BCUT2D eigenvalue weighted by atomic mass is 16.5. The lowest BCUT2D eigenvalue weighted by Crippen LogP contribution is -2.46. The number of hydrogen-bond acceptors (Lipinski definition) is 6. The average molecular weight is 336 g/mol. The molecule has 0 saturated carbocycles. The summed E-state index contributed by atoms with van der Waals surface area (Å²) in [5.41, 5.74) is 8.28. The molecule has 0 spiro atoms. The number of nitrogens with one attached hydrogen (secondary N) is 4. The van der Waals surface area contributed by atoms with Crippen molar-refractivity contribution in [3.05, 3.63) is 35.9 Å². The molecule has 1 amide bonds. The number of nitrogens with two attached hydrogens (primary N) is 2. The number of hydrazine groups is 1. The van der Waals surface area contributed by atoms with E-state index in [1.807, 2.05) is 30.3 Å². The van der Waals surface area contributed by atoms with Crippen molar-refractivity contribution in [2.45, 2.75) is 25.5 Å². The van der Waals surface area contributed by atoms with E-state index in [4.69, 9.17) is 21.7 Å². The Morgan fingerprint density at radius 3 is 2.58 bits per heavy atom. The molecule has 0 fully saturated rings. The fraction of sp³-hybridized carbons (Fsp3) is 0.400. The fourth-order valence-corrected chi connectivity index (χ4v) is 1.95. The smallest absolute Gasteiger partial charge is 0.328 e. The van der Waals surface area contributed by atoms with Crippen molar-refractivity contribution in [3.8, 4) is 0 Å². The number of ether oxygens (including phenoxy) is 1. The standard InChI is InChI=1S/C15H24N6O3/c16-15(17)19-8-4-7-12(21-13(22)9-20-18)14(23)24-10-11-5-2-1-3-6-11/h1-3,5-6,12,20H,4,7-10,18H2,(H,21,22)(H4,16,17,19)/t12-/m0/s1. The highest BCUT2D eigenvalue weighted by Gasteiger charge is 2.21. The Kier molecular flexibility index (Phi) is 8.87. The second kappa shape index (κ2) is 11.0. The molecule has 0 aliphatic carbocycles. The van der Waals surface area contributed by atoms with Crippen LogP contribution >= 0.6 is 0 Å². The van der Waals surface area contributed by atoms with Gasteiger partial charge in [0.05, 0.1) is 6.54 Å². The van der Waals surface area contributed by atoms with E-state index in [2.05, 4.69) is 16.1 Å². The van der Waals surface area contributed by atoms with Crippen LogP contribution in [0.25, 0.3) is 0 Å². The number of esters is 1. The van der Waals surface area contributed by atoms with Crippen LogP contribution in [0.1, 0.15) is 18.4 Å². The number of guanidine groups is 1. The van der Waals surface area contributed by atoms with E-state index < -0.39 is 17.9 Å². The molecule has 9 heteroatoms. The van der Waals surface area contributed by atoms with E-state index in [-0.39, 0.29) is 19.1 Å². The summed E-state index contributed by atoms with van der Waals surface area (Å²) in [6.45, 7) is 0.448. The van der Waals surface area contributed by atoms with Gasteiger partial charge in [-0.05, 0) is 18.4 Å². The van der Waals surface area contributed by atoms with Crippen LogP contribution in [0.15, 0.2) is 30.3 Å². The van der Waals surface area contributed by atoms with E-state index in [0.29, 0.717) is 19.4 Å². The van der Waals surface area contributed by atoms with E-state index in [1.165, 1.54) is 0 Å². The normalized spacial score (nSPS) is 11.4. The maximum absolute atomic E-state index is 12.2. The second-order valence-electron chi connectivity index (χ2n) is 5.08. The highest BCUT2D eigenvalue weighted by Crippen LogP contribution is 2.05. The quantitative estimate of drug-likeness (QED) is 0.0794. The molecule has 0 radical (unpaired) electrons. The molecular formula is C15H24N6O3. The summed E-state index contributed by atoms with van der Waals surface area (Å²) < 4.78 is 5.25. The summed E-state index contributed by atoms with van der Waals surface area (Å²) in [6.07, 6.45) is 0.880. The molecule has 1 aromatic rings. The largest absolute Gasteiger partial charge is 0.459 e. The Balaban J connectivity index is 2.52. The van der Waals surface area contributed by atoms with E-state index in [0.717, 1.165) is 5.56 Å². The molecule has 8 N–H and O–H groups in total. The zero-order chi connectivity index (χ0) is 17.8. The molecule has 24 heavy (non-hydrogen) atoms. The second-order valence-corrected chi connectivity index (χ2v) is 5.08. The van der Waals surface area contributed by atoms with Gasteiger partial charge in [-0.2, -0.15) is 0 Å². The Labute approximate surface area is 140 Å². The number of amides is 1. The van der Waals surface area contributed by atoms with Crippen molar-refractivity contribution in [1.82, 2.24) is 16.1 Å². The molecule has 0 saturated heterocycles. The lowest BCUT2D eigenvalue weighted by molar-refractivity contribution is -0.149. The van der Waals surface area contributed by atoms with Gasteiger partial charge >= 0.3 is 5.97 Å². The molecule has 0 bridgehead atoms. The third-order valence-corrected chi connectivity index (χ3v) is 3.09. The molecule has 0 aromatic heterocycles. The molecule has 1 aromatic carbocycles. The van der Waals surface area contributed by atoms with Crippen molar-refractivity contribution >= 4 is 17.8 Å². The van der Waals surface area contributed by atoms with Crippen LogP contribution in [0, 0.1) is 5.41 Å². The topological polar surface area (TPSA) is 155 Å². The van der Waals surface area contributed by atoms with E-state index in [9.17, 15) is 9.59 Å². The molecule has 0 heterocycles. The Morgan fingerprint density at radius 2 is 1.96 bits per heavy atom. The summed E-state index contributed by atoms with van der Waals surface area (Å²) >= 11 is 0. The maximum atomic E-state index is 12.2. The number of benzene rings is 1. The third-order valence-electron chi connectivity index (χ3n) is 3.09. The van der Waals surface area contributed by atoms with Crippen LogP contribution in [0.2, 0.25) is 0 Å². The minimum atomic E-state index is -0.789. The van der Waals surface area contributed by atoms with Gasteiger partial charge in [0.2, 0.25) is 5.91 Å². The van der Waals surface area contributed by atoms with Crippen molar-refractivity contribution < 1.29 is 14.3 Å². The SMILES string of the molecule is N=C(N)NCCC[C@H](NC(=O)CNN)C(=O)OCc1ccccc1. The third kappa shape index (κ3) is 8.11. The van der Waals surface area contributed by atoms with Crippen LogP contribution in [-0.2, 0) is 20.9 Å². The molecule has 0 unspecified atom stereocenters. The minimum absolute atomic E-state index is 0.103. The van der Waals surface area contributed by atoms with Crippen molar-refractivity contribution in [3.63, 3.8) is 0 Å². The van der Waals surface area contributed by atoms with Gasteiger partial charge in [-0.15, -0.1) is 0 Å². The lowest BCUT2D eigenvalue weighted by Gasteiger charge is -2.18. The molecule has 0 aliphatic heterocycles. The molecule has 1 atom stereocenters. The van der Waals surface area contributed by atoms with Crippen molar-refractivity contribution in [1.29, 1.82) is 5.41 Å². The first-order valence-electron chi connectivity index (χ1n) is 7.54. The zero-order valence-electron chi connectivity index (χ0n) is 13.4. The van der Waals surface area contributed by atoms with Crippen LogP contribution in [0.3, 0.4) is 0 Å². The van der Waals surface area contributed by atoms with Crippen LogP contribution < -0.4 is 27.6 Å². The summed E-state index contributed by atoms with van der Waals surface area (Å²) in [6, 6.07) is 8.47. The average Bonchev–Trinajstić information content (AvgIpc) is 2.56.